The zero-order chi connectivity index (χ0) is 14.5. The van der Waals surface area contributed by atoms with Crippen molar-refractivity contribution >= 4 is 34.2 Å². The fraction of sp³-hybridized carbons (Fsp3) is 0.533. The van der Waals surface area contributed by atoms with Crippen LogP contribution in [0.15, 0.2) is 18.2 Å². The van der Waals surface area contributed by atoms with Gasteiger partial charge in [-0.25, -0.2) is 0 Å². The first-order chi connectivity index (χ1) is 8.84. The van der Waals surface area contributed by atoms with Crippen LogP contribution >= 0.6 is 22.6 Å². The van der Waals surface area contributed by atoms with Crippen LogP contribution in [0.2, 0.25) is 0 Å². The average Bonchev–Trinajstić information content (AvgIpc) is 2.31. The highest BCUT2D eigenvalue weighted by Gasteiger charge is 2.21. The van der Waals surface area contributed by atoms with E-state index in [-0.39, 0.29) is 11.3 Å². The van der Waals surface area contributed by atoms with Gasteiger partial charge in [0.1, 0.15) is 0 Å². The van der Waals surface area contributed by atoms with Crippen molar-refractivity contribution in [3.05, 3.63) is 27.3 Å². The first kappa shape index (κ1) is 16.4. The Kier molecular flexibility index (Phi) is 6.26. The molecule has 1 amide bonds. The molecule has 0 spiro atoms. The second kappa shape index (κ2) is 7.24. The van der Waals surface area contributed by atoms with Crippen molar-refractivity contribution in [2.24, 2.45) is 5.41 Å². The molecule has 0 fully saturated rings. The third kappa shape index (κ3) is 5.48. The molecule has 2 N–H and O–H groups in total. The van der Waals surface area contributed by atoms with E-state index in [0.29, 0.717) is 0 Å². The second-order valence-corrected chi connectivity index (χ2v) is 6.93. The molecule has 0 aliphatic carbocycles. The van der Waals surface area contributed by atoms with Gasteiger partial charge in [0.25, 0.3) is 0 Å². The molecule has 4 heteroatoms. The lowest BCUT2D eigenvalue weighted by Gasteiger charge is -2.19. The van der Waals surface area contributed by atoms with E-state index in [2.05, 4.69) is 46.2 Å². The summed E-state index contributed by atoms with van der Waals surface area (Å²) in [6.07, 6.45) is 1.10. The smallest absolute Gasteiger partial charge is 0.229 e. The Morgan fingerprint density at radius 1 is 1.32 bits per heavy atom. The molecule has 0 aliphatic heterocycles. The Bertz CT molecular complexity index is 438. The maximum Gasteiger partial charge on any atom is 0.229 e. The molecule has 0 radical (unpaired) electrons. The first-order valence-corrected chi connectivity index (χ1v) is 7.73. The number of carbonyl (C=O) groups excluding carboxylic acids is 1. The van der Waals surface area contributed by atoms with E-state index < -0.39 is 0 Å². The van der Waals surface area contributed by atoms with Gasteiger partial charge >= 0.3 is 0 Å². The summed E-state index contributed by atoms with van der Waals surface area (Å²) in [5, 5.41) is 6.40. The van der Waals surface area contributed by atoms with Crippen molar-refractivity contribution in [1.29, 1.82) is 0 Å². The minimum Gasteiger partial charge on any atom is -0.325 e. The lowest BCUT2D eigenvalue weighted by molar-refractivity contribution is -0.123. The molecule has 1 rings (SSSR count). The number of rotatable bonds is 5. The van der Waals surface area contributed by atoms with Crippen LogP contribution in [0.25, 0.3) is 0 Å². The Hall–Kier alpha value is -0.620. The fourth-order valence-electron chi connectivity index (χ4n) is 1.54. The molecule has 106 valence electrons. The van der Waals surface area contributed by atoms with Gasteiger partial charge in [-0.05, 0) is 59.3 Å². The highest BCUT2D eigenvalue weighted by molar-refractivity contribution is 14.1. The van der Waals surface area contributed by atoms with E-state index in [4.69, 9.17) is 0 Å². The van der Waals surface area contributed by atoms with E-state index in [1.165, 1.54) is 3.57 Å². The molecular formula is C15H23IN2O. The zero-order valence-corrected chi connectivity index (χ0v) is 14.3. The Balaban J connectivity index is 2.84. The van der Waals surface area contributed by atoms with E-state index in [1.54, 1.807) is 0 Å². The Labute approximate surface area is 129 Å². The average molecular weight is 374 g/mol. The van der Waals surface area contributed by atoms with Crippen LogP contribution < -0.4 is 10.6 Å². The molecule has 0 aliphatic rings. The van der Waals surface area contributed by atoms with Crippen molar-refractivity contribution in [3.63, 3.8) is 0 Å². The van der Waals surface area contributed by atoms with Gasteiger partial charge in [0.15, 0.2) is 0 Å². The summed E-state index contributed by atoms with van der Waals surface area (Å²) >= 11 is 2.29. The van der Waals surface area contributed by atoms with Gasteiger partial charge in [0.05, 0.1) is 0 Å². The van der Waals surface area contributed by atoms with Gasteiger partial charge < -0.3 is 10.6 Å². The third-order valence-corrected chi connectivity index (χ3v) is 3.41. The number of hydrogen-bond acceptors (Lipinski definition) is 2. The van der Waals surface area contributed by atoms with Crippen LogP contribution in [0.3, 0.4) is 0 Å². The molecule has 0 heterocycles. The summed E-state index contributed by atoms with van der Waals surface area (Å²) in [6.45, 7) is 9.67. The number of amides is 1. The van der Waals surface area contributed by atoms with Crippen LogP contribution in [0.1, 0.15) is 39.7 Å². The van der Waals surface area contributed by atoms with E-state index in [0.717, 1.165) is 30.8 Å². The number of nitrogens with one attached hydrogen (secondary N) is 2. The quantitative estimate of drug-likeness (QED) is 0.609. The molecule has 0 atom stereocenters. The Morgan fingerprint density at radius 2 is 2.00 bits per heavy atom. The third-order valence-electron chi connectivity index (χ3n) is 2.74. The number of anilines is 1. The summed E-state index contributed by atoms with van der Waals surface area (Å²) in [7, 11) is 0. The maximum atomic E-state index is 12.1. The predicted octanol–water partition coefficient (Wildman–Crippen LogP) is 3.78. The SMILES string of the molecule is CCCNCc1cc(I)ccc1NC(=O)C(C)(C)C. The van der Waals surface area contributed by atoms with Gasteiger partial charge in [-0.2, -0.15) is 0 Å². The lowest BCUT2D eigenvalue weighted by Crippen LogP contribution is -2.28. The molecule has 0 aromatic heterocycles. The molecule has 0 bridgehead atoms. The number of hydrogen-bond donors (Lipinski definition) is 2. The number of halogens is 1. The Morgan fingerprint density at radius 3 is 2.58 bits per heavy atom. The maximum absolute atomic E-state index is 12.1. The first-order valence-electron chi connectivity index (χ1n) is 6.65. The summed E-state index contributed by atoms with van der Waals surface area (Å²) in [5.41, 5.74) is 1.67. The van der Waals surface area contributed by atoms with Gasteiger partial charge in [0.2, 0.25) is 5.91 Å². The van der Waals surface area contributed by atoms with E-state index in [1.807, 2.05) is 32.9 Å². The normalized spacial score (nSPS) is 11.4. The van der Waals surface area contributed by atoms with Crippen LogP contribution in [0.4, 0.5) is 5.69 Å². The number of benzene rings is 1. The predicted molar refractivity (Wildman–Crippen MR) is 89.2 cm³/mol. The molecular weight excluding hydrogens is 351 g/mol. The largest absolute Gasteiger partial charge is 0.325 e. The summed E-state index contributed by atoms with van der Waals surface area (Å²) in [4.78, 5) is 12.1. The molecule has 0 unspecified atom stereocenters. The molecule has 1 aromatic rings. The zero-order valence-electron chi connectivity index (χ0n) is 12.1. The molecule has 0 saturated carbocycles. The van der Waals surface area contributed by atoms with Gasteiger partial charge in [0, 0.05) is 21.2 Å². The van der Waals surface area contributed by atoms with Crippen molar-refractivity contribution in [1.82, 2.24) is 5.32 Å². The lowest BCUT2D eigenvalue weighted by atomic mass is 9.95. The highest BCUT2D eigenvalue weighted by atomic mass is 127. The van der Waals surface area contributed by atoms with Crippen molar-refractivity contribution in [3.8, 4) is 0 Å². The van der Waals surface area contributed by atoms with Crippen LogP contribution in [-0.2, 0) is 11.3 Å². The van der Waals surface area contributed by atoms with Crippen molar-refractivity contribution < 1.29 is 4.79 Å². The van der Waals surface area contributed by atoms with Gasteiger partial charge in [-0.3, -0.25) is 4.79 Å². The topological polar surface area (TPSA) is 41.1 Å². The van der Waals surface area contributed by atoms with Crippen LogP contribution in [0.5, 0.6) is 0 Å². The van der Waals surface area contributed by atoms with E-state index >= 15 is 0 Å². The van der Waals surface area contributed by atoms with Gasteiger partial charge in [-0.15, -0.1) is 0 Å². The van der Waals surface area contributed by atoms with Crippen molar-refractivity contribution in [2.45, 2.75) is 40.7 Å². The van der Waals surface area contributed by atoms with Crippen LogP contribution in [-0.4, -0.2) is 12.5 Å². The minimum atomic E-state index is -0.378. The number of carbonyl (C=O) groups is 1. The van der Waals surface area contributed by atoms with Crippen LogP contribution in [0, 0.1) is 8.99 Å². The minimum absolute atomic E-state index is 0.0467. The second-order valence-electron chi connectivity index (χ2n) is 5.68. The van der Waals surface area contributed by atoms with E-state index in [9.17, 15) is 4.79 Å². The standard InChI is InChI=1S/C15H23IN2O/c1-5-8-17-10-11-9-12(16)6-7-13(11)18-14(19)15(2,3)4/h6-7,9,17H,5,8,10H2,1-4H3,(H,18,19). The molecule has 1 aromatic carbocycles. The monoisotopic (exact) mass is 374 g/mol. The highest BCUT2D eigenvalue weighted by Crippen LogP contribution is 2.22. The van der Waals surface area contributed by atoms with Crippen molar-refractivity contribution in [2.75, 3.05) is 11.9 Å². The van der Waals surface area contributed by atoms with Gasteiger partial charge in [-0.1, -0.05) is 27.7 Å². The fourth-order valence-corrected chi connectivity index (χ4v) is 2.10. The molecule has 0 saturated heterocycles. The molecule has 3 nitrogen and oxygen atoms in total. The summed E-state index contributed by atoms with van der Waals surface area (Å²) < 4.78 is 1.18. The molecule has 19 heavy (non-hydrogen) atoms. The summed E-state index contributed by atoms with van der Waals surface area (Å²) in [5.74, 6) is 0.0467. The summed E-state index contributed by atoms with van der Waals surface area (Å²) in [6, 6.07) is 6.11.